The minimum Gasteiger partial charge on any atom is -0.451 e. The number of carbonyl (C=O) groups excluding carboxylic acids is 1. The lowest BCUT2D eigenvalue weighted by Gasteiger charge is -2.30. The fourth-order valence-corrected chi connectivity index (χ4v) is 5.23. The first-order chi connectivity index (χ1) is 14.2. The van der Waals surface area contributed by atoms with Crippen LogP contribution in [0.4, 0.5) is 0 Å². The van der Waals surface area contributed by atoms with Crippen LogP contribution in [-0.4, -0.2) is 36.0 Å². The van der Waals surface area contributed by atoms with Gasteiger partial charge < -0.3 is 14.1 Å². The molecule has 0 saturated carbocycles. The van der Waals surface area contributed by atoms with Crippen molar-refractivity contribution in [3.8, 4) is 0 Å². The Hall–Kier alpha value is -2.70. The quantitative estimate of drug-likeness (QED) is 0.467. The van der Waals surface area contributed by atoms with Crippen molar-refractivity contribution in [3.05, 3.63) is 64.9 Å². The van der Waals surface area contributed by atoms with E-state index >= 15 is 0 Å². The molecule has 0 bridgehead atoms. The summed E-state index contributed by atoms with van der Waals surface area (Å²) >= 11 is 1.77. The van der Waals surface area contributed by atoms with Crippen molar-refractivity contribution >= 4 is 38.4 Å². The summed E-state index contributed by atoms with van der Waals surface area (Å²) in [5.74, 6) is 0.771. The normalized spacial score (nSPS) is 15.4. The molecule has 0 spiro atoms. The molecule has 148 valence electrons. The Labute approximate surface area is 172 Å². The summed E-state index contributed by atoms with van der Waals surface area (Å²) in [7, 11) is 1.64. The lowest BCUT2D eigenvalue weighted by Crippen LogP contribution is -2.38. The standard InChI is InChI=1S/C23H22N2O3S/c1-27-14-17-16-6-2-4-8-19(16)28-21(17)23(26)25-12-10-15(11-13-25)22-24-18-7-3-5-9-20(18)29-22/h2-9,15H,10-14H2,1H3. The highest BCUT2D eigenvalue weighted by Crippen LogP contribution is 2.35. The topological polar surface area (TPSA) is 55.6 Å². The highest BCUT2D eigenvalue weighted by atomic mass is 32.1. The molecule has 3 heterocycles. The Balaban J connectivity index is 1.35. The van der Waals surface area contributed by atoms with Crippen molar-refractivity contribution in [3.63, 3.8) is 0 Å². The highest BCUT2D eigenvalue weighted by molar-refractivity contribution is 7.18. The van der Waals surface area contributed by atoms with Crippen LogP contribution >= 0.6 is 11.3 Å². The SMILES string of the molecule is COCc1c(C(=O)N2CCC(c3nc4ccccc4s3)CC2)oc2ccccc12. The van der Waals surface area contributed by atoms with Gasteiger partial charge in [-0.25, -0.2) is 4.98 Å². The van der Waals surface area contributed by atoms with Gasteiger partial charge in [-0.1, -0.05) is 30.3 Å². The summed E-state index contributed by atoms with van der Waals surface area (Å²) in [5.41, 5.74) is 2.63. The molecule has 0 N–H and O–H groups in total. The van der Waals surface area contributed by atoms with Gasteiger partial charge in [0.2, 0.25) is 0 Å². The first kappa shape index (κ1) is 18.3. The predicted octanol–water partition coefficient (Wildman–Crippen LogP) is 5.21. The third-order valence-corrected chi connectivity index (χ3v) is 6.82. The van der Waals surface area contributed by atoms with E-state index in [0.29, 0.717) is 31.4 Å². The molecule has 1 aliphatic rings. The van der Waals surface area contributed by atoms with Gasteiger partial charge in [0, 0.05) is 37.1 Å². The number of likely N-dealkylation sites (tertiary alicyclic amines) is 1. The molecule has 0 aliphatic carbocycles. The Morgan fingerprint density at radius 3 is 2.72 bits per heavy atom. The number of furan rings is 1. The fourth-order valence-electron chi connectivity index (χ4n) is 4.10. The lowest BCUT2D eigenvalue weighted by molar-refractivity contribution is 0.0677. The predicted molar refractivity (Wildman–Crippen MR) is 114 cm³/mol. The van der Waals surface area contributed by atoms with Gasteiger partial charge in [0.15, 0.2) is 5.76 Å². The molecule has 4 aromatic rings. The summed E-state index contributed by atoms with van der Waals surface area (Å²) in [6, 6.07) is 16.0. The van der Waals surface area contributed by atoms with Crippen molar-refractivity contribution in [1.82, 2.24) is 9.88 Å². The molecule has 1 amide bonds. The molecular formula is C23H22N2O3S. The summed E-state index contributed by atoms with van der Waals surface area (Å²) < 4.78 is 12.5. The zero-order chi connectivity index (χ0) is 19.8. The molecule has 0 radical (unpaired) electrons. The molecular weight excluding hydrogens is 384 g/mol. The smallest absolute Gasteiger partial charge is 0.289 e. The number of ether oxygens (including phenoxy) is 1. The van der Waals surface area contributed by atoms with Crippen molar-refractivity contribution in [2.45, 2.75) is 25.4 Å². The molecule has 2 aromatic carbocycles. The van der Waals surface area contributed by atoms with E-state index in [1.807, 2.05) is 35.2 Å². The highest BCUT2D eigenvalue weighted by Gasteiger charge is 2.30. The van der Waals surface area contributed by atoms with Gasteiger partial charge in [0.05, 0.1) is 21.8 Å². The van der Waals surface area contributed by atoms with E-state index in [9.17, 15) is 4.79 Å². The minimum atomic E-state index is -0.0454. The van der Waals surface area contributed by atoms with Crippen LogP contribution in [0, 0.1) is 0 Å². The number of hydrogen-bond acceptors (Lipinski definition) is 5. The summed E-state index contributed by atoms with van der Waals surface area (Å²) in [5, 5.41) is 2.13. The number of benzene rings is 2. The maximum atomic E-state index is 13.2. The Morgan fingerprint density at radius 1 is 1.17 bits per heavy atom. The van der Waals surface area contributed by atoms with Crippen LogP contribution in [0.3, 0.4) is 0 Å². The molecule has 6 heteroatoms. The molecule has 0 atom stereocenters. The van der Waals surface area contributed by atoms with Crippen LogP contribution in [0.25, 0.3) is 21.2 Å². The zero-order valence-corrected chi connectivity index (χ0v) is 17.1. The number of piperidine rings is 1. The molecule has 1 saturated heterocycles. The van der Waals surface area contributed by atoms with E-state index in [0.717, 1.165) is 34.9 Å². The number of carbonyl (C=O) groups is 1. The molecule has 5 rings (SSSR count). The van der Waals surface area contributed by atoms with E-state index in [2.05, 4.69) is 18.2 Å². The third-order valence-electron chi connectivity index (χ3n) is 5.62. The Kier molecular flexibility index (Phi) is 4.81. The van der Waals surface area contributed by atoms with E-state index < -0.39 is 0 Å². The number of para-hydroxylation sites is 2. The number of fused-ring (bicyclic) bond motifs is 2. The molecule has 1 fully saturated rings. The van der Waals surface area contributed by atoms with Crippen LogP contribution in [0.5, 0.6) is 0 Å². The van der Waals surface area contributed by atoms with E-state index in [1.165, 1.54) is 9.71 Å². The second-order valence-corrected chi connectivity index (χ2v) is 8.49. The van der Waals surface area contributed by atoms with Crippen molar-refractivity contribution in [2.75, 3.05) is 20.2 Å². The van der Waals surface area contributed by atoms with Crippen LogP contribution in [0.15, 0.2) is 52.9 Å². The van der Waals surface area contributed by atoms with Gasteiger partial charge in [0.25, 0.3) is 5.91 Å². The fraction of sp³-hybridized carbons (Fsp3) is 0.304. The second kappa shape index (κ2) is 7.61. The molecule has 2 aromatic heterocycles. The molecule has 5 nitrogen and oxygen atoms in total. The first-order valence-electron chi connectivity index (χ1n) is 9.88. The third kappa shape index (κ3) is 3.32. The van der Waals surface area contributed by atoms with Gasteiger partial charge in [-0.15, -0.1) is 11.3 Å². The summed E-state index contributed by atoms with van der Waals surface area (Å²) in [6.45, 7) is 1.78. The first-order valence-corrected chi connectivity index (χ1v) is 10.7. The van der Waals surface area contributed by atoms with Gasteiger partial charge in [-0.3, -0.25) is 4.79 Å². The van der Waals surface area contributed by atoms with Crippen molar-refractivity contribution < 1.29 is 13.9 Å². The molecule has 0 unspecified atom stereocenters. The number of thiazole rings is 1. The van der Waals surface area contributed by atoms with E-state index in [4.69, 9.17) is 14.1 Å². The van der Waals surface area contributed by atoms with Crippen molar-refractivity contribution in [2.24, 2.45) is 0 Å². The number of hydrogen-bond donors (Lipinski definition) is 0. The number of nitrogens with zero attached hydrogens (tertiary/aromatic N) is 2. The largest absolute Gasteiger partial charge is 0.451 e. The Bertz CT molecular complexity index is 1140. The number of methoxy groups -OCH3 is 1. The average Bonchev–Trinajstić information content (AvgIpc) is 3.36. The maximum Gasteiger partial charge on any atom is 0.289 e. The van der Waals surface area contributed by atoms with E-state index in [1.54, 1.807) is 18.4 Å². The summed E-state index contributed by atoms with van der Waals surface area (Å²) in [4.78, 5) is 19.9. The van der Waals surface area contributed by atoms with Gasteiger partial charge in [0.1, 0.15) is 5.58 Å². The van der Waals surface area contributed by atoms with Crippen LogP contribution in [-0.2, 0) is 11.3 Å². The lowest BCUT2D eigenvalue weighted by atomic mass is 9.97. The van der Waals surface area contributed by atoms with Crippen LogP contribution in [0.2, 0.25) is 0 Å². The second-order valence-electron chi connectivity index (χ2n) is 7.43. The van der Waals surface area contributed by atoms with Crippen molar-refractivity contribution in [1.29, 1.82) is 0 Å². The molecule has 29 heavy (non-hydrogen) atoms. The van der Waals surface area contributed by atoms with Gasteiger partial charge in [-0.2, -0.15) is 0 Å². The monoisotopic (exact) mass is 406 g/mol. The summed E-state index contributed by atoms with van der Waals surface area (Å²) in [6.07, 6.45) is 1.84. The van der Waals surface area contributed by atoms with Gasteiger partial charge in [-0.05, 0) is 31.0 Å². The number of aromatic nitrogens is 1. The zero-order valence-electron chi connectivity index (χ0n) is 16.3. The van der Waals surface area contributed by atoms with Crippen LogP contribution in [0.1, 0.15) is 39.9 Å². The minimum absolute atomic E-state index is 0.0454. The number of rotatable bonds is 4. The average molecular weight is 407 g/mol. The van der Waals surface area contributed by atoms with E-state index in [-0.39, 0.29) is 5.91 Å². The van der Waals surface area contributed by atoms with Gasteiger partial charge >= 0.3 is 0 Å². The Morgan fingerprint density at radius 2 is 1.93 bits per heavy atom. The van der Waals surface area contributed by atoms with Crippen LogP contribution < -0.4 is 0 Å². The maximum absolute atomic E-state index is 13.2. The molecule has 1 aliphatic heterocycles. The number of amides is 1.